The van der Waals surface area contributed by atoms with E-state index in [0.717, 1.165) is 30.3 Å². The Hall–Kier alpha value is -3.12. The standard InChI is InChI=1S/C28H35N3O3/c1-18(2)30(19(3)4)14-15-34-24-11-8-21-12-13-31(28(33)25(21)17-24)26-16-22(7-6-20(26)5)27(32)29-23-9-10-23/h6-8,11-13,16-19,23H,9-10,14-15H2,1-5H3,(H,29,32). The summed E-state index contributed by atoms with van der Waals surface area (Å²) >= 11 is 0. The van der Waals surface area contributed by atoms with Gasteiger partial charge in [-0.2, -0.15) is 0 Å². The molecule has 1 saturated carbocycles. The third kappa shape index (κ3) is 5.33. The summed E-state index contributed by atoms with van der Waals surface area (Å²) in [5.74, 6) is 0.592. The molecule has 1 aliphatic rings. The molecule has 4 rings (SSSR count). The Bertz CT molecular complexity index is 1230. The summed E-state index contributed by atoms with van der Waals surface area (Å²) in [6.45, 7) is 12.1. The maximum atomic E-state index is 13.5. The first-order valence-corrected chi connectivity index (χ1v) is 12.2. The molecule has 2 aromatic carbocycles. The fourth-order valence-electron chi connectivity index (χ4n) is 4.39. The molecule has 1 heterocycles. The van der Waals surface area contributed by atoms with Crippen molar-refractivity contribution < 1.29 is 9.53 Å². The van der Waals surface area contributed by atoms with Crippen molar-refractivity contribution in [3.8, 4) is 11.4 Å². The van der Waals surface area contributed by atoms with Crippen LogP contribution >= 0.6 is 0 Å². The molecule has 6 heteroatoms. The number of rotatable bonds is 9. The van der Waals surface area contributed by atoms with E-state index >= 15 is 0 Å². The minimum absolute atomic E-state index is 0.0925. The number of amides is 1. The van der Waals surface area contributed by atoms with Crippen LogP contribution in [-0.4, -0.2) is 46.7 Å². The molecule has 0 unspecified atom stereocenters. The first kappa shape index (κ1) is 24.0. The van der Waals surface area contributed by atoms with E-state index in [9.17, 15) is 9.59 Å². The van der Waals surface area contributed by atoms with Crippen LogP contribution in [0, 0.1) is 6.92 Å². The number of nitrogens with one attached hydrogen (secondary N) is 1. The van der Waals surface area contributed by atoms with Gasteiger partial charge in [0, 0.05) is 36.4 Å². The van der Waals surface area contributed by atoms with E-state index in [-0.39, 0.29) is 17.5 Å². The maximum Gasteiger partial charge on any atom is 0.263 e. The highest BCUT2D eigenvalue weighted by molar-refractivity contribution is 5.95. The molecular weight excluding hydrogens is 426 g/mol. The molecule has 3 aromatic rings. The van der Waals surface area contributed by atoms with Gasteiger partial charge in [-0.1, -0.05) is 12.1 Å². The van der Waals surface area contributed by atoms with Gasteiger partial charge in [0.1, 0.15) is 12.4 Å². The van der Waals surface area contributed by atoms with Gasteiger partial charge < -0.3 is 10.1 Å². The summed E-state index contributed by atoms with van der Waals surface area (Å²) in [7, 11) is 0. The van der Waals surface area contributed by atoms with Gasteiger partial charge in [-0.15, -0.1) is 0 Å². The Morgan fingerprint density at radius 2 is 1.82 bits per heavy atom. The normalized spacial score (nSPS) is 13.8. The predicted octanol–water partition coefficient (Wildman–Crippen LogP) is 4.69. The number of carbonyl (C=O) groups excluding carboxylic acids is 1. The number of pyridine rings is 1. The fourth-order valence-corrected chi connectivity index (χ4v) is 4.39. The average Bonchev–Trinajstić information content (AvgIpc) is 3.61. The number of ether oxygens (including phenoxy) is 1. The largest absolute Gasteiger partial charge is 0.492 e. The zero-order chi connectivity index (χ0) is 24.4. The highest BCUT2D eigenvalue weighted by Gasteiger charge is 2.24. The van der Waals surface area contributed by atoms with Crippen LogP contribution in [0.2, 0.25) is 0 Å². The van der Waals surface area contributed by atoms with Crippen molar-refractivity contribution in [2.45, 2.75) is 65.6 Å². The predicted molar refractivity (Wildman–Crippen MR) is 137 cm³/mol. The van der Waals surface area contributed by atoms with Gasteiger partial charge in [0.05, 0.1) is 11.1 Å². The van der Waals surface area contributed by atoms with Gasteiger partial charge >= 0.3 is 0 Å². The minimum atomic E-state index is -0.128. The van der Waals surface area contributed by atoms with Crippen LogP contribution in [0.4, 0.5) is 0 Å². The molecule has 1 N–H and O–H groups in total. The zero-order valence-corrected chi connectivity index (χ0v) is 20.8. The number of aromatic nitrogens is 1. The molecule has 0 atom stereocenters. The van der Waals surface area contributed by atoms with Crippen molar-refractivity contribution in [2.75, 3.05) is 13.2 Å². The second kappa shape index (κ2) is 10.0. The lowest BCUT2D eigenvalue weighted by Gasteiger charge is -2.30. The molecule has 180 valence electrons. The van der Waals surface area contributed by atoms with Crippen molar-refractivity contribution in [1.29, 1.82) is 0 Å². The van der Waals surface area contributed by atoms with Crippen LogP contribution < -0.4 is 15.6 Å². The highest BCUT2D eigenvalue weighted by Crippen LogP contribution is 2.22. The first-order chi connectivity index (χ1) is 16.2. The second-order valence-corrected chi connectivity index (χ2v) is 9.76. The molecular formula is C28H35N3O3. The summed E-state index contributed by atoms with van der Waals surface area (Å²) in [6, 6.07) is 14.3. The summed E-state index contributed by atoms with van der Waals surface area (Å²) in [5, 5.41) is 4.47. The average molecular weight is 462 g/mol. The Labute approximate surface area is 201 Å². The van der Waals surface area contributed by atoms with E-state index < -0.39 is 0 Å². The summed E-state index contributed by atoms with van der Waals surface area (Å²) < 4.78 is 7.64. The van der Waals surface area contributed by atoms with Crippen molar-refractivity contribution in [3.63, 3.8) is 0 Å². The number of hydrogen-bond donors (Lipinski definition) is 1. The first-order valence-electron chi connectivity index (χ1n) is 12.2. The molecule has 34 heavy (non-hydrogen) atoms. The van der Waals surface area contributed by atoms with Crippen molar-refractivity contribution in [1.82, 2.24) is 14.8 Å². The van der Waals surface area contributed by atoms with Crippen LogP contribution in [0.25, 0.3) is 16.5 Å². The van der Waals surface area contributed by atoms with Crippen LogP contribution in [0.15, 0.2) is 53.5 Å². The number of benzene rings is 2. The Balaban J connectivity index is 1.60. The third-order valence-corrected chi connectivity index (χ3v) is 6.47. The van der Waals surface area contributed by atoms with E-state index in [4.69, 9.17) is 4.74 Å². The van der Waals surface area contributed by atoms with Gasteiger partial charge in [-0.3, -0.25) is 19.1 Å². The summed E-state index contributed by atoms with van der Waals surface area (Å²) in [4.78, 5) is 28.4. The molecule has 1 aromatic heterocycles. The monoisotopic (exact) mass is 461 g/mol. The Morgan fingerprint density at radius 3 is 2.50 bits per heavy atom. The maximum absolute atomic E-state index is 13.5. The fraction of sp³-hybridized carbons (Fsp3) is 0.429. The van der Waals surface area contributed by atoms with Gasteiger partial charge in [-0.05, 0) is 88.7 Å². The molecule has 0 bridgehead atoms. The quantitative estimate of drug-likeness (QED) is 0.502. The van der Waals surface area contributed by atoms with Gasteiger partial charge in [0.2, 0.25) is 0 Å². The minimum Gasteiger partial charge on any atom is -0.492 e. The SMILES string of the molecule is Cc1ccc(C(=O)NC2CC2)cc1-n1ccc2ccc(OCCN(C(C)C)C(C)C)cc2c1=O. The molecule has 0 spiro atoms. The van der Waals surface area contributed by atoms with Crippen molar-refractivity contribution >= 4 is 16.7 Å². The highest BCUT2D eigenvalue weighted by atomic mass is 16.5. The van der Waals surface area contributed by atoms with Gasteiger partial charge in [-0.25, -0.2) is 0 Å². The van der Waals surface area contributed by atoms with Crippen LogP contribution in [0.3, 0.4) is 0 Å². The van der Waals surface area contributed by atoms with Crippen LogP contribution in [0.5, 0.6) is 5.75 Å². The molecule has 0 aliphatic heterocycles. The van der Waals surface area contributed by atoms with E-state index in [1.165, 1.54) is 0 Å². The van der Waals surface area contributed by atoms with Gasteiger partial charge in [0.25, 0.3) is 11.5 Å². The number of fused-ring (bicyclic) bond motifs is 1. The summed E-state index contributed by atoms with van der Waals surface area (Å²) in [6.07, 6.45) is 3.84. The summed E-state index contributed by atoms with van der Waals surface area (Å²) in [5.41, 5.74) is 2.08. The van der Waals surface area contributed by atoms with E-state index in [1.807, 2.05) is 43.3 Å². The number of nitrogens with zero attached hydrogens (tertiary/aromatic N) is 2. The number of carbonyl (C=O) groups is 1. The van der Waals surface area contributed by atoms with Crippen molar-refractivity contribution in [3.05, 3.63) is 70.1 Å². The van der Waals surface area contributed by atoms with E-state index in [2.05, 4.69) is 37.9 Å². The Morgan fingerprint density at radius 1 is 1.09 bits per heavy atom. The Kier molecular flexibility index (Phi) is 7.08. The lowest BCUT2D eigenvalue weighted by atomic mass is 10.1. The lowest BCUT2D eigenvalue weighted by molar-refractivity contribution is 0.0951. The zero-order valence-electron chi connectivity index (χ0n) is 20.8. The van der Waals surface area contributed by atoms with E-state index in [1.54, 1.807) is 16.8 Å². The smallest absolute Gasteiger partial charge is 0.263 e. The molecule has 1 aliphatic carbocycles. The van der Waals surface area contributed by atoms with Crippen LogP contribution in [0.1, 0.15) is 56.5 Å². The third-order valence-electron chi connectivity index (χ3n) is 6.47. The molecule has 1 amide bonds. The van der Waals surface area contributed by atoms with Crippen LogP contribution in [-0.2, 0) is 0 Å². The van der Waals surface area contributed by atoms with Gasteiger partial charge in [0.15, 0.2) is 0 Å². The molecule has 0 saturated heterocycles. The number of hydrogen-bond acceptors (Lipinski definition) is 4. The second-order valence-electron chi connectivity index (χ2n) is 9.76. The topological polar surface area (TPSA) is 63.6 Å². The molecule has 0 radical (unpaired) electrons. The molecule has 6 nitrogen and oxygen atoms in total. The lowest BCUT2D eigenvalue weighted by Crippen LogP contribution is -2.39. The van der Waals surface area contributed by atoms with Crippen molar-refractivity contribution in [2.24, 2.45) is 0 Å². The molecule has 1 fully saturated rings. The van der Waals surface area contributed by atoms with E-state index in [0.29, 0.717) is 41.1 Å². The number of aryl methyl sites for hydroxylation is 1.